The molecule has 0 aliphatic carbocycles. The molecule has 0 radical (unpaired) electrons. The van der Waals surface area contributed by atoms with Crippen molar-refractivity contribution in [2.75, 3.05) is 17.1 Å². The summed E-state index contributed by atoms with van der Waals surface area (Å²) in [6.45, 7) is 2.15. The highest BCUT2D eigenvalue weighted by Gasteiger charge is 2.23. The van der Waals surface area contributed by atoms with Gasteiger partial charge in [0.15, 0.2) is 5.65 Å². The van der Waals surface area contributed by atoms with Gasteiger partial charge in [0, 0.05) is 6.42 Å². The molecule has 160 valence electrons. The molecule has 9 nitrogen and oxygen atoms in total. The second-order valence-electron chi connectivity index (χ2n) is 6.41. The van der Waals surface area contributed by atoms with E-state index in [2.05, 4.69) is 19.9 Å². The van der Waals surface area contributed by atoms with Gasteiger partial charge in [0.2, 0.25) is 21.8 Å². The number of hydrogen-bond donors (Lipinski definition) is 3. The standard InChI is InChI=1S/C18H19ClFN5O4S/c1-2-29-18-13-7-12(8-22-17(13)23-24-18)25-30(27,28)9-11(20)6-10-4-3-5-14(19)15(10)16(21)26/h3-5,7-8,11,25H,2,6,9H2,1H3,(H2,21,26)(H,22,23,24). The van der Waals surface area contributed by atoms with Crippen molar-refractivity contribution in [3.63, 3.8) is 0 Å². The minimum absolute atomic E-state index is 0.0229. The molecule has 0 saturated carbocycles. The van der Waals surface area contributed by atoms with Crippen LogP contribution in [0.15, 0.2) is 30.5 Å². The number of alkyl halides is 1. The maximum Gasteiger partial charge on any atom is 0.250 e. The van der Waals surface area contributed by atoms with Gasteiger partial charge in [-0.2, -0.15) is 0 Å². The van der Waals surface area contributed by atoms with Crippen LogP contribution in [-0.4, -0.2) is 48.0 Å². The van der Waals surface area contributed by atoms with Crippen molar-refractivity contribution in [3.05, 3.63) is 46.6 Å². The largest absolute Gasteiger partial charge is 0.476 e. The molecule has 1 aromatic carbocycles. The molecule has 0 aliphatic rings. The number of hydrogen-bond acceptors (Lipinski definition) is 6. The molecule has 3 aromatic rings. The van der Waals surface area contributed by atoms with Crippen LogP contribution in [-0.2, 0) is 16.4 Å². The Balaban J connectivity index is 1.74. The van der Waals surface area contributed by atoms with E-state index in [1.807, 2.05) is 0 Å². The van der Waals surface area contributed by atoms with E-state index in [0.717, 1.165) is 0 Å². The van der Waals surface area contributed by atoms with Gasteiger partial charge in [0.05, 0.1) is 34.5 Å². The van der Waals surface area contributed by atoms with E-state index in [1.165, 1.54) is 30.5 Å². The molecule has 0 bridgehead atoms. The summed E-state index contributed by atoms with van der Waals surface area (Å²) in [6.07, 6.45) is -0.861. The van der Waals surface area contributed by atoms with E-state index in [9.17, 15) is 17.6 Å². The lowest BCUT2D eigenvalue weighted by Crippen LogP contribution is -2.26. The second-order valence-corrected chi connectivity index (χ2v) is 8.58. The molecule has 0 saturated heterocycles. The number of nitrogens with one attached hydrogen (secondary N) is 2. The number of nitrogens with two attached hydrogens (primary N) is 1. The van der Waals surface area contributed by atoms with Crippen molar-refractivity contribution < 1.29 is 22.3 Å². The number of rotatable bonds is 9. The molecule has 0 spiro atoms. The van der Waals surface area contributed by atoms with Crippen LogP contribution in [0.1, 0.15) is 22.8 Å². The number of nitrogens with zero attached hydrogens (tertiary/aromatic N) is 2. The van der Waals surface area contributed by atoms with Gasteiger partial charge < -0.3 is 10.5 Å². The predicted molar refractivity (Wildman–Crippen MR) is 111 cm³/mol. The molecule has 12 heteroatoms. The lowest BCUT2D eigenvalue weighted by atomic mass is 10.0. The number of H-pyrrole nitrogens is 1. The first-order valence-electron chi connectivity index (χ1n) is 8.89. The number of ether oxygens (including phenoxy) is 1. The Labute approximate surface area is 176 Å². The molecule has 0 fully saturated rings. The summed E-state index contributed by atoms with van der Waals surface area (Å²) in [4.78, 5) is 15.6. The number of carbonyl (C=O) groups is 1. The van der Waals surface area contributed by atoms with E-state index in [1.54, 1.807) is 6.92 Å². The van der Waals surface area contributed by atoms with Crippen molar-refractivity contribution in [1.29, 1.82) is 0 Å². The van der Waals surface area contributed by atoms with E-state index in [4.69, 9.17) is 22.1 Å². The van der Waals surface area contributed by atoms with Crippen LogP contribution < -0.4 is 15.2 Å². The maximum atomic E-state index is 14.6. The highest BCUT2D eigenvalue weighted by Crippen LogP contribution is 2.25. The average Bonchev–Trinajstić information content (AvgIpc) is 3.03. The molecular formula is C18H19ClFN5O4S. The minimum Gasteiger partial charge on any atom is -0.476 e. The van der Waals surface area contributed by atoms with Crippen molar-refractivity contribution in [1.82, 2.24) is 15.2 Å². The van der Waals surface area contributed by atoms with Crippen LogP contribution in [0.2, 0.25) is 5.02 Å². The Morgan fingerprint density at radius 2 is 2.20 bits per heavy atom. The summed E-state index contributed by atoms with van der Waals surface area (Å²) in [5.41, 5.74) is 6.06. The summed E-state index contributed by atoms with van der Waals surface area (Å²) < 4.78 is 47.0. The lowest BCUT2D eigenvalue weighted by molar-refractivity contribution is 0.0999. The van der Waals surface area contributed by atoms with Crippen LogP contribution in [0.5, 0.6) is 5.88 Å². The smallest absolute Gasteiger partial charge is 0.250 e. The summed E-state index contributed by atoms with van der Waals surface area (Å²) in [6, 6.07) is 5.95. The van der Waals surface area contributed by atoms with Gasteiger partial charge >= 0.3 is 0 Å². The molecule has 1 amide bonds. The van der Waals surface area contributed by atoms with Crippen LogP contribution in [0.4, 0.5) is 10.1 Å². The van der Waals surface area contributed by atoms with Crippen LogP contribution in [0.3, 0.4) is 0 Å². The average molecular weight is 456 g/mol. The lowest BCUT2D eigenvalue weighted by Gasteiger charge is -2.13. The third-order valence-electron chi connectivity index (χ3n) is 4.12. The van der Waals surface area contributed by atoms with Crippen LogP contribution in [0.25, 0.3) is 11.0 Å². The quantitative estimate of drug-likeness (QED) is 0.452. The maximum absolute atomic E-state index is 14.6. The fraction of sp³-hybridized carbons (Fsp3) is 0.278. The normalized spacial score (nSPS) is 12.6. The Morgan fingerprint density at radius 3 is 2.90 bits per heavy atom. The summed E-state index contributed by atoms with van der Waals surface area (Å²) in [5, 5.41) is 7.19. The SMILES string of the molecule is CCOc1n[nH]c2ncc(NS(=O)(=O)CC(F)Cc3cccc(Cl)c3C(N)=O)cc12. The summed E-state index contributed by atoms with van der Waals surface area (Å²) in [5.74, 6) is -1.36. The van der Waals surface area contributed by atoms with Crippen LogP contribution in [0, 0.1) is 0 Å². The fourth-order valence-corrected chi connectivity index (χ4v) is 4.39. The first-order valence-corrected chi connectivity index (χ1v) is 10.9. The highest BCUT2D eigenvalue weighted by molar-refractivity contribution is 7.92. The van der Waals surface area contributed by atoms with Gasteiger partial charge in [0.1, 0.15) is 11.9 Å². The summed E-state index contributed by atoms with van der Waals surface area (Å²) >= 11 is 5.94. The number of benzene rings is 1. The number of carbonyl (C=O) groups excluding carboxylic acids is 1. The van der Waals surface area contributed by atoms with E-state index >= 15 is 0 Å². The number of sulfonamides is 1. The van der Waals surface area contributed by atoms with Crippen molar-refractivity contribution >= 4 is 44.3 Å². The third-order valence-corrected chi connectivity index (χ3v) is 5.79. The van der Waals surface area contributed by atoms with Gasteiger partial charge in [-0.15, -0.1) is 5.10 Å². The predicted octanol–water partition coefficient (Wildman–Crippen LogP) is 2.43. The number of anilines is 1. The minimum atomic E-state index is -4.06. The second kappa shape index (κ2) is 8.84. The van der Waals surface area contributed by atoms with E-state index < -0.39 is 27.9 Å². The van der Waals surface area contributed by atoms with Gasteiger partial charge in [0.25, 0.3) is 0 Å². The van der Waals surface area contributed by atoms with Crippen molar-refractivity contribution in [3.8, 4) is 5.88 Å². The van der Waals surface area contributed by atoms with E-state index in [0.29, 0.717) is 17.6 Å². The van der Waals surface area contributed by atoms with Crippen molar-refractivity contribution in [2.45, 2.75) is 19.5 Å². The first-order chi connectivity index (χ1) is 14.2. The Hall–Kier alpha value is -2.92. The number of pyridine rings is 1. The molecule has 1 unspecified atom stereocenters. The molecule has 0 aliphatic heterocycles. The Bertz CT molecular complexity index is 1180. The number of aromatic nitrogens is 3. The molecular weight excluding hydrogens is 437 g/mol. The Morgan fingerprint density at radius 1 is 1.43 bits per heavy atom. The molecule has 2 heterocycles. The first kappa shape index (κ1) is 21.8. The monoisotopic (exact) mass is 455 g/mol. The number of fused-ring (bicyclic) bond motifs is 1. The Kier molecular flexibility index (Phi) is 6.42. The number of halogens is 2. The number of amides is 1. The summed E-state index contributed by atoms with van der Waals surface area (Å²) in [7, 11) is -4.06. The molecule has 1 atom stereocenters. The van der Waals surface area contributed by atoms with Gasteiger partial charge in [-0.3, -0.25) is 14.6 Å². The fourth-order valence-electron chi connectivity index (χ4n) is 2.96. The molecule has 30 heavy (non-hydrogen) atoms. The van der Waals surface area contributed by atoms with Gasteiger partial charge in [-0.1, -0.05) is 23.7 Å². The molecule has 3 rings (SSSR count). The number of primary amides is 1. The molecule has 2 aromatic heterocycles. The molecule has 4 N–H and O–H groups in total. The zero-order valence-corrected chi connectivity index (χ0v) is 17.4. The highest BCUT2D eigenvalue weighted by atomic mass is 35.5. The van der Waals surface area contributed by atoms with Crippen molar-refractivity contribution in [2.24, 2.45) is 5.73 Å². The van der Waals surface area contributed by atoms with E-state index in [-0.39, 0.29) is 34.1 Å². The number of aromatic amines is 1. The topological polar surface area (TPSA) is 140 Å². The zero-order valence-electron chi connectivity index (χ0n) is 15.9. The zero-order chi connectivity index (χ0) is 21.9. The third kappa shape index (κ3) is 4.97. The van der Waals surface area contributed by atoms with Gasteiger partial charge in [-0.25, -0.2) is 17.8 Å². The van der Waals surface area contributed by atoms with Gasteiger partial charge in [-0.05, 0) is 24.6 Å². The van der Waals surface area contributed by atoms with Crippen LogP contribution >= 0.6 is 11.6 Å².